The fourth-order valence-corrected chi connectivity index (χ4v) is 2.23. The minimum Gasteiger partial charge on any atom is -0.294 e. The number of aryl methyl sites for hydroxylation is 1. The van der Waals surface area contributed by atoms with Gasteiger partial charge in [-0.25, -0.2) is 0 Å². The van der Waals surface area contributed by atoms with E-state index in [2.05, 4.69) is 18.1 Å². The lowest BCUT2D eigenvalue weighted by atomic mass is 10.1. The summed E-state index contributed by atoms with van der Waals surface area (Å²) in [6.45, 7) is 11.9. The van der Waals surface area contributed by atoms with E-state index >= 15 is 0 Å². The Labute approximate surface area is 120 Å². The molecule has 0 aliphatic rings. The van der Waals surface area contributed by atoms with Crippen LogP contribution in [0.15, 0.2) is 43.5 Å². The maximum absolute atomic E-state index is 6.44. The molecule has 0 aliphatic heterocycles. The van der Waals surface area contributed by atoms with Crippen LogP contribution < -0.4 is 0 Å². The molecule has 0 bridgehead atoms. The Balaban J connectivity index is 2.72. The van der Waals surface area contributed by atoms with E-state index in [1.54, 1.807) is 0 Å². The number of nitrogens with zero attached hydrogens (tertiary/aromatic N) is 1. The number of hydrogen-bond acceptors (Lipinski definition) is 1. The van der Waals surface area contributed by atoms with Gasteiger partial charge in [-0.3, -0.25) is 4.90 Å². The lowest BCUT2D eigenvalue weighted by molar-refractivity contribution is 0.335. The van der Waals surface area contributed by atoms with E-state index < -0.39 is 0 Å². The summed E-state index contributed by atoms with van der Waals surface area (Å²) in [6.07, 6.45) is 3.75. The molecule has 0 aliphatic carbocycles. The summed E-state index contributed by atoms with van der Waals surface area (Å²) in [4.78, 5) is 2.20. The Morgan fingerprint density at radius 3 is 2.39 bits per heavy atom. The molecule has 0 radical (unpaired) electrons. The molecule has 0 spiro atoms. The minimum atomic E-state index is -0.0548. The van der Waals surface area contributed by atoms with Gasteiger partial charge in [0.1, 0.15) is 0 Å². The molecule has 0 heterocycles. The van der Waals surface area contributed by atoms with E-state index in [0.29, 0.717) is 0 Å². The smallest absolute Gasteiger partial charge is 0.0712 e. The van der Waals surface area contributed by atoms with Crippen LogP contribution in [0.1, 0.15) is 16.5 Å². The zero-order valence-electron chi connectivity index (χ0n) is 10.7. The largest absolute Gasteiger partial charge is 0.294 e. The monoisotopic (exact) mass is 283 g/mol. The molecule has 1 nitrogen and oxygen atoms in total. The van der Waals surface area contributed by atoms with Crippen LogP contribution in [-0.2, 0) is 0 Å². The van der Waals surface area contributed by atoms with Gasteiger partial charge in [0.15, 0.2) is 0 Å². The third-order valence-corrected chi connectivity index (χ3v) is 3.55. The van der Waals surface area contributed by atoms with E-state index in [9.17, 15) is 0 Å². The first-order chi connectivity index (χ1) is 8.58. The van der Waals surface area contributed by atoms with Crippen LogP contribution in [0.3, 0.4) is 0 Å². The zero-order valence-corrected chi connectivity index (χ0v) is 12.2. The fourth-order valence-electron chi connectivity index (χ4n) is 1.78. The third kappa shape index (κ3) is 4.49. The number of benzene rings is 1. The highest BCUT2D eigenvalue weighted by Crippen LogP contribution is 2.25. The van der Waals surface area contributed by atoms with E-state index in [-0.39, 0.29) is 5.38 Å². The van der Waals surface area contributed by atoms with Crippen LogP contribution in [0.2, 0.25) is 5.02 Å². The second kappa shape index (κ2) is 7.63. The highest BCUT2D eigenvalue weighted by molar-refractivity contribution is 6.31. The molecule has 98 valence electrons. The molecule has 18 heavy (non-hydrogen) atoms. The predicted molar refractivity (Wildman–Crippen MR) is 81.6 cm³/mol. The molecule has 0 amide bonds. The Kier molecular flexibility index (Phi) is 6.48. The van der Waals surface area contributed by atoms with Crippen molar-refractivity contribution in [2.75, 3.05) is 19.6 Å². The summed E-state index contributed by atoms with van der Waals surface area (Å²) in [7, 11) is 0. The van der Waals surface area contributed by atoms with E-state index in [0.717, 1.165) is 35.8 Å². The number of hydrogen-bond donors (Lipinski definition) is 0. The topological polar surface area (TPSA) is 3.24 Å². The molecular formula is C15H19Cl2N. The molecule has 0 aromatic heterocycles. The van der Waals surface area contributed by atoms with Crippen LogP contribution in [0.25, 0.3) is 0 Å². The highest BCUT2D eigenvalue weighted by Gasteiger charge is 2.13. The fraction of sp³-hybridized carbons (Fsp3) is 0.333. The maximum Gasteiger partial charge on any atom is 0.0712 e. The highest BCUT2D eigenvalue weighted by atomic mass is 35.5. The molecule has 0 saturated carbocycles. The summed E-state index contributed by atoms with van der Waals surface area (Å²) < 4.78 is 0. The second-order valence-electron chi connectivity index (χ2n) is 4.27. The van der Waals surface area contributed by atoms with Gasteiger partial charge in [0.2, 0.25) is 0 Å². The molecule has 1 rings (SSSR count). The van der Waals surface area contributed by atoms with Gasteiger partial charge >= 0.3 is 0 Å². The van der Waals surface area contributed by atoms with Crippen LogP contribution in [0.5, 0.6) is 0 Å². The summed E-state index contributed by atoms with van der Waals surface area (Å²) in [5.74, 6) is 0. The molecule has 1 atom stereocenters. The SMILES string of the molecule is C=CCN(CC=C)CC(Cl)c1ccc(Cl)c(C)c1. The quantitative estimate of drug-likeness (QED) is 0.522. The van der Waals surface area contributed by atoms with Crippen molar-refractivity contribution in [1.29, 1.82) is 0 Å². The van der Waals surface area contributed by atoms with Crippen molar-refractivity contribution in [2.45, 2.75) is 12.3 Å². The average Bonchev–Trinajstić information content (AvgIpc) is 2.33. The normalized spacial score (nSPS) is 12.4. The Hall–Kier alpha value is -0.760. The first-order valence-corrected chi connectivity index (χ1v) is 6.74. The Bertz CT molecular complexity index is 405. The van der Waals surface area contributed by atoms with Gasteiger partial charge < -0.3 is 0 Å². The van der Waals surface area contributed by atoms with Gasteiger partial charge in [-0.05, 0) is 24.1 Å². The number of halogens is 2. The van der Waals surface area contributed by atoms with Crippen LogP contribution in [0.4, 0.5) is 0 Å². The zero-order chi connectivity index (χ0) is 13.5. The van der Waals surface area contributed by atoms with Crippen molar-refractivity contribution in [3.63, 3.8) is 0 Å². The van der Waals surface area contributed by atoms with Crippen LogP contribution >= 0.6 is 23.2 Å². The molecule has 0 saturated heterocycles. The lowest BCUT2D eigenvalue weighted by Crippen LogP contribution is -2.27. The van der Waals surface area contributed by atoms with Gasteiger partial charge in [0.25, 0.3) is 0 Å². The predicted octanol–water partition coefficient (Wildman–Crippen LogP) is 4.60. The van der Waals surface area contributed by atoms with Crippen molar-refractivity contribution in [3.8, 4) is 0 Å². The first kappa shape index (κ1) is 15.3. The summed E-state index contributed by atoms with van der Waals surface area (Å²) >= 11 is 12.5. The van der Waals surface area contributed by atoms with E-state index in [1.807, 2.05) is 37.3 Å². The van der Waals surface area contributed by atoms with Gasteiger partial charge in [0, 0.05) is 24.7 Å². The molecule has 1 aromatic rings. The van der Waals surface area contributed by atoms with Crippen molar-refractivity contribution < 1.29 is 0 Å². The van der Waals surface area contributed by atoms with Crippen molar-refractivity contribution >= 4 is 23.2 Å². The summed E-state index contributed by atoms with van der Waals surface area (Å²) in [6, 6.07) is 5.92. The second-order valence-corrected chi connectivity index (χ2v) is 5.21. The third-order valence-electron chi connectivity index (χ3n) is 2.74. The summed E-state index contributed by atoms with van der Waals surface area (Å²) in [5.41, 5.74) is 2.15. The van der Waals surface area contributed by atoms with E-state index in [1.165, 1.54) is 0 Å². The molecule has 3 heteroatoms. The minimum absolute atomic E-state index is 0.0548. The van der Waals surface area contributed by atoms with E-state index in [4.69, 9.17) is 23.2 Å². The van der Waals surface area contributed by atoms with Gasteiger partial charge in [-0.2, -0.15) is 0 Å². The van der Waals surface area contributed by atoms with Crippen molar-refractivity contribution in [3.05, 3.63) is 59.7 Å². The van der Waals surface area contributed by atoms with Gasteiger partial charge in [-0.15, -0.1) is 24.8 Å². The summed E-state index contributed by atoms with van der Waals surface area (Å²) in [5, 5.41) is 0.720. The van der Waals surface area contributed by atoms with Crippen molar-refractivity contribution in [1.82, 2.24) is 4.90 Å². The molecule has 1 aromatic carbocycles. The molecule has 1 unspecified atom stereocenters. The molecular weight excluding hydrogens is 265 g/mol. The lowest BCUT2D eigenvalue weighted by Gasteiger charge is -2.22. The molecule has 0 N–H and O–H groups in total. The maximum atomic E-state index is 6.44. The van der Waals surface area contributed by atoms with Crippen LogP contribution in [0, 0.1) is 6.92 Å². The Morgan fingerprint density at radius 2 is 1.89 bits per heavy atom. The van der Waals surface area contributed by atoms with Crippen molar-refractivity contribution in [2.24, 2.45) is 0 Å². The number of rotatable bonds is 7. The van der Waals surface area contributed by atoms with Gasteiger partial charge in [0.05, 0.1) is 5.38 Å². The molecule has 0 fully saturated rings. The number of alkyl halides is 1. The first-order valence-electron chi connectivity index (χ1n) is 5.92. The van der Waals surface area contributed by atoms with Crippen LogP contribution in [-0.4, -0.2) is 24.5 Å². The Morgan fingerprint density at radius 1 is 1.28 bits per heavy atom. The average molecular weight is 284 g/mol. The standard InChI is InChI=1S/C15H19Cl2N/c1-4-8-18(9-5-2)11-15(17)13-6-7-14(16)12(3)10-13/h4-7,10,15H,1-2,8-9,11H2,3H3. The van der Waals surface area contributed by atoms with Gasteiger partial charge in [-0.1, -0.05) is 35.9 Å².